The van der Waals surface area contributed by atoms with E-state index in [2.05, 4.69) is 14.6 Å². The molecule has 3 aromatic rings. The maximum absolute atomic E-state index is 13.4. The first kappa shape index (κ1) is 16.9. The number of aryl methyl sites for hydroxylation is 1. The SMILES string of the molecule is Cc1nnsc1C(=O)N(CCN(C)C)c1nc2ccc(F)cc2s1. The first-order chi connectivity index (χ1) is 11.5. The molecule has 0 aliphatic carbocycles. The first-order valence-corrected chi connectivity index (χ1v) is 8.86. The van der Waals surface area contributed by atoms with Crippen molar-refractivity contribution in [3.05, 3.63) is 34.6 Å². The van der Waals surface area contributed by atoms with E-state index >= 15 is 0 Å². The van der Waals surface area contributed by atoms with Crippen LogP contribution in [-0.4, -0.2) is 52.6 Å². The number of benzene rings is 1. The number of halogens is 1. The van der Waals surface area contributed by atoms with Crippen LogP contribution in [0, 0.1) is 12.7 Å². The van der Waals surface area contributed by atoms with Crippen LogP contribution in [0.2, 0.25) is 0 Å². The molecule has 0 bridgehead atoms. The molecule has 126 valence electrons. The van der Waals surface area contributed by atoms with Crippen molar-refractivity contribution in [2.24, 2.45) is 0 Å². The van der Waals surface area contributed by atoms with Crippen molar-refractivity contribution >= 4 is 44.1 Å². The number of thiazole rings is 1. The largest absolute Gasteiger partial charge is 0.308 e. The number of rotatable bonds is 5. The van der Waals surface area contributed by atoms with E-state index in [0.29, 0.717) is 39.0 Å². The van der Waals surface area contributed by atoms with E-state index < -0.39 is 0 Å². The Labute approximate surface area is 146 Å². The van der Waals surface area contributed by atoms with Gasteiger partial charge >= 0.3 is 0 Å². The van der Waals surface area contributed by atoms with Crippen molar-refractivity contribution < 1.29 is 9.18 Å². The molecule has 3 rings (SSSR count). The summed E-state index contributed by atoms with van der Waals surface area (Å²) in [6.45, 7) is 2.92. The molecule has 2 aromatic heterocycles. The molecule has 9 heteroatoms. The maximum Gasteiger partial charge on any atom is 0.273 e. The highest BCUT2D eigenvalue weighted by Gasteiger charge is 2.25. The van der Waals surface area contributed by atoms with Gasteiger partial charge in [-0.3, -0.25) is 9.69 Å². The van der Waals surface area contributed by atoms with Crippen molar-refractivity contribution in [2.45, 2.75) is 6.92 Å². The lowest BCUT2D eigenvalue weighted by Gasteiger charge is -2.21. The number of carbonyl (C=O) groups is 1. The molecule has 0 N–H and O–H groups in total. The highest BCUT2D eigenvalue weighted by atomic mass is 32.1. The molecule has 1 amide bonds. The summed E-state index contributed by atoms with van der Waals surface area (Å²) in [6.07, 6.45) is 0. The predicted molar refractivity (Wildman–Crippen MR) is 94.5 cm³/mol. The van der Waals surface area contributed by atoms with Gasteiger partial charge in [-0.1, -0.05) is 15.8 Å². The summed E-state index contributed by atoms with van der Waals surface area (Å²) < 4.78 is 18.0. The van der Waals surface area contributed by atoms with Gasteiger partial charge in [-0.05, 0) is 50.8 Å². The molecule has 2 heterocycles. The van der Waals surface area contributed by atoms with E-state index in [-0.39, 0.29) is 11.7 Å². The Bertz CT molecular complexity index is 876. The standard InChI is InChI=1S/C15H16FN5OS2/c1-9-13(24-19-18-9)14(22)21(7-6-20(2)3)15-17-11-5-4-10(16)8-12(11)23-15/h4-5,8H,6-7H2,1-3H3. The van der Waals surface area contributed by atoms with Crippen molar-refractivity contribution in [3.63, 3.8) is 0 Å². The number of anilines is 1. The van der Waals surface area contributed by atoms with Crippen molar-refractivity contribution in [1.82, 2.24) is 19.5 Å². The Morgan fingerprint density at radius 3 is 2.75 bits per heavy atom. The second-order valence-electron chi connectivity index (χ2n) is 5.56. The molecule has 0 aliphatic heterocycles. The molecule has 0 spiro atoms. The van der Waals surface area contributed by atoms with Crippen LogP contribution in [0.3, 0.4) is 0 Å². The van der Waals surface area contributed by atoms with E-state index in [1.54, 1.807) is 17.9 Å². The average Bonchev–Trinajstić information content (AvgIpc) is 3.12. The van der Waals surface area contributed by atoms with Gasteiger partial charge in [0.15, 0.2) is 5.13 Å². The zero-order chi connectivity index (χ0) is 17.3. The molecular formula is C15H16FN5OS2. The van der Waals surface area contributed by atoms with Crippen LogP contribution in [-0.2, 0) is 0 Å². The second-order valence-corrected chi connectivity index (χ2v) is 7.32. The van der Waals surface area contributed by atoms with Crippen molar-refractivity contribution in [2.75, 3.05) is 32.1 Å². The lowest BCUT2D eigenvalue weighted by Crippen LogP contribution is -2.36. The third kappa shape index (κ3) is 3.42. The summed E-state index contributed by atoms with van der Waals surface area (Å²) in [7, 11) is 3.88. The molecule has 0 saturated carbocycles. The minimum absolute atomic E-state index is 0.177. The van der Waals surface area contributed by atoms with Crippen molar-refractivity contribution in [3.8, 4) is 0 Å². The van der Waals surface area contributed by atoms with E-state index in [9.17, 15) is 9.18 Å². The van der Waals surface area contributed by atoms with E-state index in [1.165, 1.54) is 23.5 Å². The molecule has 0 fully saturated rings. The fourth-order valence-corrected chi connectivity index (χ4v) is 3.76. The maximum atomic E-state index is 13.4. The number of fused-ring (bicyclic) bond motifs is 1. The lowest BCUT2D eigenvalue weighted by molar-refractivity contribution is 0.0988. The third-order valence-corrected chi connectivity index (χ3v) is 5.29. The molecule has 6 nitrogen and oxygen atoms in total. The number of amides is 1. The van der Waals surface area contributed by atoms with Gasteiger partial charge in [-0.2, -0.15) is 0 Å². The molecule has 0 saturated heterocycles. The van der Waals surface area contributed by atoms with E-state index in [0.717, 1.165) is 11.5 Å². The summed E-state index contributed by atoms with van der Waals surface area (Å²) >= 11 is 2.38. The normalized spacial score (nSPS) is 11.4. The Kier molecular flexibility index (Phi) is 4.83. The summed E-state index contributed by atoms with van der Waals surface area (Å²) in [5, 5.41) is 4.46. The van der Waals surface area contributed by atoms with Crippen LogP contribution in [0.15, 0.2) is 18.2 Å². The van der Waals surface area contributed by atoms with Gasteiger partial charge < -0.3 is 4.90 Å². The lowest BCUT2D eigenvalue weighted by atomic mass is 10.3. The smallest absolute Gasteiger partial charge is 0.273 e. The zero-order valence-corrected chi connectivity index (χ0v) is 15.1. The Balaban J connectivity index is 1.99. The molecular weight excluding hydrogens is 349 g/mol. The number of hydrogen-bond donors (Lipinski definition) is 0. The summed E-state index contributed by atoms with van der Waals surface area (Å²) in [5.41, 5.74) is 1.28. The zero-order valence-electron chi connectivity index (χ0n) is 13.5. The van der Waals surface area contributed by atoms with E-state index in [1.807, 2.05) is 19.0 Å². The number of nitrogens with zero attached hydrogens (tertiary/aromatic N) is 5. The average molecular weight is 365 g/mol. The van der Waals surface area contributed by atoms with Gasteiger partial charge in [0.1, 0.15) is 10.7 Å². The quantitative estimate of drug-likeness (QED) is 0.696. The minimum Gasteiger partial charge on any atom is -0.308 e. The van der Waals surface area contributed by atoms with Crippen LogP contribution in [0.25, 0.3) is 10.2 Å². The number of hydrogen-bond acceptors (Lipinski definition) is 7. The van der Waals surface area contributed by atoms with Crippen LogP contribution < -0.4 is 4.90 Å². The number of likely N-dealkylation sites (N-methyl/N-ethyl adjacent to an activating group) is 1. The third-order valence-electron chi connectivity index (χ3n) is 3.43. The molecule has 0 unspecified atom stereocenters. The van der Waals surface area contributed by atoms with Crippen LogP contribution in [0.4, 0.5) is 9.52 Å². The predicted octanol–water partition coefficient (Wildman–Crippen LogP) is 2.80. The Morgan fingerprint density at radius 2 is 2.08 bits per heavy atom. The second kappa shape index (κ2) is 6.88. The summed E-state index contributed by atoms with van der Waals surface area (Å²) in [6, 6.07) is 4.43. The fraction of sp³-hybridized carbons (Fsp3) is 0.333. The highest BCUT2D eigenvalue weighted by Crippen LogP contribution is 2.30. The molecule has 0 radical (unpaired) electrons. The number of carbonyl (C=O) groups excluding carboxylic acids is 1. The van der Waals surface area contributed by atoms with E-state index in [4.69, 9.17) is 0 Å². The van der Waals surface area contributed by atoms with Crippen LogP contribution in [0.5, 0.6) is 0 Å². The summed E-state index contributed by atoms with van der Waals surface area (Å²) in [5.74, 6) is -0.491. The molecule has 0 atom stereocenters. The monoisotopic (exact) mass is 365 g/mol. The molecule has 24 heavy (non-hydrogen) atoms. The van der Waals surface area contributed by atoms with Gasteiger partial charge in [0, 0.05) is 13.1 Å². The van der Waals surface area contributed by atoms with Gasteiger partial charge in [0.05, 0.1) is 15.9 Å². The fourth-order valence-electron chi connectivity index (χ4n) is 2.14. The van der Waals surface area contributed by atoms with Crippen LogP contribution in [0.1, 0.15) is 15.4 Å². The summed E-state index contributed by atoms with van der Waals surface area (Å²) in [4.78, 5) is 21.5. The van der Waals surface area contributed by atoms with Crippen LogP contribution >= 0.6 is 22.9 Å². The molecule has 1 aromatic carbocycles. The Morgan fingerprint density at radius 1 is 1.29 bits per heavy atom. The van der Waals surface area contributed by atoms with Gasteiger partial charge in [-0.25, -0.2) is 9.37 Å². The first-order valence-electron chi connectivity index (χ1n) is 7.27. The number of aromatic nitrogens is 3. The minimum atomic E-state index is -0.314. The van der Waals surface area contributed by atoms with Gasteiger partial charge in [-0.15, -0.1) is 5.10 Å². The highest BCUT2D eigenvalue weighted by molar-refractivity contribution is 7.22. The molecule has 0 aliphatic rings. The van der Waals surface area contributed by atoms with Gasteiger partial charge in [0.2, 0.25) is 0 Å². The van der Waals surface area contributed by atoms with Crippen molar-refractivity contribution in [1.29, 1.82) is 0 Å². The van der Waals surface area contributed by atoms with Gasteiger partial charge in [0.25, 0.3) is 5.91 Å². The Hall–Kier alpha value is -1.97. The topological polar surface area (TPSA) is 62.2 Å².